The van der Waals surface area contributed by atoms with E-state index in [-0.39, 0.29) is 15.9 Å². The Morgan fingerprint density at radius 1 is 1.29 bits per heavy atom. The Morgan fingerprint density at radius 2 is 2.08 bits per heavy atom. The lowest BCUT2D eigenvalue weighted by Crippen LogP contribution is -2.53. The first kappa shape index (κ1) is 26.9. The molecular weight excluding hydrogens is 574 g/mol. The SMILES string of the molecule is COC1[C@@H](n2cc(-c3nc(Cl)cs3)nn2)[C@@H](O)C(CO)O[C@H]1c1ccnn1-c1cc(Cl)cnc1C(F)(F)F. The van der Waals surface area contributed by atoms with Crippen LogP contribution in [0.3, 0.4) is 0 Å². The number of hydrogen-bond acceptors (Lipinski definition) is 10. The molecule has 1 saturated heterocycles. The molecule has 4 aromatic heterocycles. The topological polar surface area (TPSA) is 133 Å². The highest BCUT2D eigenvalue weighted by molar-refractivity contribution is 7.13. The quantitative estimate of drug-likeness (QED) is 0.346. The third kappa shape index (κ3) is 4.90. The third-order valence-corrected chi connectivity index (χ3v) is 7.34. The summed E-state index contributed by atoms with van der Waals surface area (Å²) in [6.07, 6.45) is -5.73. The molecule has 4 aromatic rings. The van der Waals surface area contributed by atoms with Gasteiger partial charge in [0.25, 0.3) is 0 Å². The predicted octanol–water partition coefficient (Wildman–Crippen LogP) is 3.36. The van der Waals surface area contributed by atoms with Crippen molar-refractivity contribution < 1.29 is 32.9 Å². The maximum absolute atomic E-state index is 13.8. The molecule has 2 N–H and O–H groups in total. The summed E-state index contributed by atoms with van der Waals surface area (Å²) in [5, 5.41) is 35.7. The highest BCUT2D eigenvalue weighted by Crippen LogP contribution is 2.42. The first-order valence-electron chi connectivity index (χ1n) is 10.9. The number of thiazole rings is 1. The lowest BCUT2D eigenvalue weighted by Gasteiger charge is -2.43. The van der Waals surface area contributed by atoms with E-state index in [4.69, 9.17) is 32.7 Å². The molecule has 2 unspecified atom stereocenters. The standard InChI is InChI=1S/C21H18Cl2F3N7O4S/c1-36-18-15(32-6-10(30-31-32)20-29-14(23)8-38-20)16(35)13(7-34)37-17(18)11-2-3-28-33(11)12-4-9(22)5-27-19(12)21(24,25)26/h2-6,8,13,15-18,34-35H,7H2,1H3/t13?,15-,16-,17-,18?/m0/s1. The number of ether oxygens (including phenoxy) is 2. The molecule has 0 bridgehead atoms. The van der Waals surface area contributed by atoms with Crippen LogP contribution in [0.25, 0.3) is 16.4 Å². The summed E-state index contributed by atoms with van der Waals surface area (Å²) in [7, 11) is 1.35. The first-order chi connectivity index (χ1) is 18.1. The fourth-order valence-corrected chi connectivity index (χ4v) is 5.38. The molecule has 1 aliphatic heterocycles. The summed E-state index contributed by atoms with van der Waals surface area (Å²) < 4.78 is 55.3. The van der Waals surface area contributed by atoms with Crippen molar-refractivity contribution >= 4 is 34.5 Å². The van der Waals surface area contributed by atoms with E-state index in [1.54, 1.807) is 5.38 Å². The van der Waals surface area contributed by atoms with E-state index < -0.39 is 54.6 Å². The van der Waals surface area contributed by atoms with E-state index in [1.165, 1.54) is 41.6 Å². The molecule has 5 atom stereocenters. The Hall–Kier alpha value is -2.66. The second-order valence-corrected chi connectivity index (χ2v) is 9.89. The molecule has 0 aliphatic carbocycles. The van der Waals surface area contributed by atoms with Crippen LogP contribution >= 0.6 is 34.5 Å². The van der Waals surface area contributed by atoms with E-state index in [9.17, 15) is 23.4 Å². The van der Waals surface area contributed by atoms with Crippen molar-refractivity contribution in [2.75, 3.05) is 13.7 Å². The van der Waals surface area contributed by atoms with Gasteiger partial charge in [-0.25, -0.2) is 19.3 Å². The number of aliphatic hydroxyl groups is 2. The van der Waals surface area contributed by atoms with Crippen LogP contribution in [0.15, 0.2) is 36.1 Å². The van der Waals surface area contributed by atoms with Crippen molar-refractivity contribution in [2.24, 2.45) is 0 Å². The zero-order valence-corrected chi connectivity index (χ0v) is 21.5. The fraction of sp³-hybridized carbons (Fsp3) is 0.381. The number of nitrogens with zero attached hydrogens (tertiary/aromatic N) is 7. The van der Waals surface area contributed by atoms with Gasteiger partial charge in [0.15, 0.2) is 5.69 Å². The van der Waals surface area contributed by atoms with Crippen molar-refractivity contribution in [3.8, 4) is 16.4 Å². The van der Waals surface area contributed by atoms with Crippen LogP contribution in [0, 0.1) is 0 Å². The smallest absolute Gasteiger partial charge is 0.394 e. The highest BCUT2D eigenvalue weighted by Gasteiger charge is 2.49. The number of rotatable bonds is 6. The predicted molar refractivity (Wildman–Crippen MR) is 128 cm³/mol. The van der Waals surface area contributed by atoms with E-state index in [1.807, 2.05) is 0 Å². The van der Waals surface area contributed by atoms with Crippen LogP contribution < -0.4 is 0 Å². The number of hydrogen-bond donors (Lipinski definition) is 2. The van der Waals surface area contributed by atoms with Crippen molar-refractivity contribution in [1.29, 1.82) is 0 Å². The number of halogens is 5. The zero-order chi connectivity index (χ0) is 27.2. The molecule has 0 amide bonds. The molecule has 5 rings (SSSR count). The number of pyridine rings is 1. The Labute approximate surface area is 226 Å². The summed E-state index contributed by atoms with van der Waals surface area (Å²) in [6, 6.07) is 1.54. The molecule has 0 spiro atoms. The van der Waals surface area contributed by atoms with E-state index >= 15 is 0 Å². The highest BCUT2D eigenvalue weighted by atomic mass is 35.5. The zero-order valence-electron chi connectivity index (χ0n) is 19.2. The van der Waals surface area contributed by atoms with Crippen LogP contribution in [0.1, 0.15) is 23.5 Å². The molecule has 5 heterocycles. The normalized spacial score (nSPS) is 24.2. The van der Waals surface area contributed by atoms with Gasteiger partial charge in [-0.2, -0.15) is 18.3 Å². The van der Waals surface area contributed by atoms with Crippen molar-refractivity contribution in [3.05, 3.63) is 57.7 Å². The van der Waals surface area contributed by atoms with Gasteiger partial charge in [0.1, 0.15) is 46.3 Å². The van der Waals surface area contributed by atoms with Gasteiger partial charge in [0.05, 0.1) is 29.2 Å². The lowest BCUT2D eigenvalue weighted by atomic mass is 9.91. The largest absolute Gasteiger partial charge is 0.435 e. The molecule has 0 radical (unpaired) electrons. The van der Waals surface area contributed by atoms with Crippen molar-refractivity contribution in [1.82, 2.24) is 34.7 Å². The molecule has 1 fully saturated rings. The molecular formula is C21H18Cl2F3N7O4S. The average molecular weight is 592 g/mol. The maximum atomic E-state index is 13.8. The Morgan fingerprint density at radius 3 is 2.74 bits per heavy atom. The Kier molecular flexibility index (Phi) is 7.43. The minimum Gasteiger partial charge on any atom is -0.394 e. The molecule has 11 nitrogen and oxygen atoms in total. The van der Waals surface area contributed by atoms with Crippen LogP contribution in [-0.4, -0.2) is 77.0 Å². The summed E-state index contributed by atoms with van der Waals surface area (Å²) in [4.78, 5) is 7.62. The van der Waals surface area contributed by atoms with Gasteiger partial charge in [-0.3, -0.25) is 0 Å². The van der Waals surface area contributed by atoms with Crippen LogP contribution in [0.2, 0.25) is 10.2 Å². The van der Waals surface area contributed by atoms with Gasteiger partial charge in [-0.15, -0.1) is 16.4 Å². The Balaban J connectivity index is 1.58. The fourth-order valence-electron chi connectivity index (χ4n) is 4.33. The molecule has 0 aromatic carbocycles. The number of alkyl halides is 3. The molecule has 202 valence electrons. The molecule has 38 heavy (non-hydrogen) atoms. The second kappa shape index (κ2) is 10.5. The first-order valence-corrected chi connectivity index (χ1v) is 12.5. The van der Waals surface area contributed by atoms with Crippen LogP contribution in [-0.2, 0) is 15.7 Å². The average Bonchev–Trinajstić information content (AvgIpc) is 3.63. The third-order valence-electron chi connectivity index (χ3n) is 5.94. The van der Waals surface area contributed by atoms with Gasteiger partial charge in [-0.05, 0) is 12.1 Å². The molecule has 17 heteroatoms. The number of methoxy groups -OCH3 is 1. The number of aromatic nitrogens is 7. The molecule has 0 saturated carbocycles. The summed E-state index contributed by atoms with van der Waals surface area (Å²) >= 11 is 13.1. The van der Waals surface area contributed by atoms with E-state index in [0.29, 0.717) is 10.7 Å². The van der Waals surface area contributed by atoms with Crippen molar-refractivity contribution in [2.45, 2.75) is 36.6 Å². The molecule has 1 aliphatic rings. The number of aliphatic hydroxyl groups excluding tert-OH is 2. The maximum Gasteiger partial charge on any atom is 0.435 e. The van der Waals surface area contributed by atoms with E-state index in [0.717, 1.165) is 16.9 Å². The second-order valence-electron chi connectivity index (χ2n) is 8.21. The van der Waals surface area contributed by atoms with Gasteiger partial charge in [0, 0.05) is 24.9 Å². The van der Waals surface area contributed by atoms with Crippen LogP contribution in [0.4, 0.5) is 13.2 Å². The van der Waals surface area contributed by atoms with Crippen LogP contribution in [0.5, 0.6) is 0 Å². The summed E-state index contributed by atoms with van der Waals surface area (Å²) in [6.45, 7) is -0.602. The summed E-state index contributed by atoms with van der Waals surface area (Å²) in [5.74, 6) is 0. The van der Waals surface area contributed by atoms with Gasteiger partial charge in [-0.1, -0.05) is 28.4 Å². The lowest BCUT2D eigenvalue weighted by molar-refractivity contribution is -0.216. The van der Waals surface area contributed by atoms with E-state index in [2.05, 4.69) is 25.4 Å². The van der Waals surface area contributed by atoms with Crippen molar-refractivity contribution in [3.63, 3.8) is 0 Å². The minimum absolute atomic E-state index is 0.0405. The van der Waals surface area contributed by atoms with Gasteiger partial charge >= 0.3 is 6.18 Å². The van der Waals surface area contributed by atoms with Gasteiger partial charge in [0.2, 0.25) is 0 Å². The van der Waals surface area contributed by atoms with Gasteiger partial charge < -0.3 is 19.7 Å². The monoisotopic (exact) mass is 591 g/mol. The minimum atomic E-state index is -4.81. The summed E-state index contributed by atoms with van der Waals surface area (Å²) in [5.41, 5.74) is -1.14. The Bertz CT molecular complexity index is 1430.